The first-order valence-electron chi connectivity index (χ1n) is 3.88. The number of carbonyl (C=O) groups is 2. The second kappa shape index (κ2) is 4.76. The van der Waals surface area contributed by atoms with Gasteiger partial charge in [-0.2, -0.15) is 5.10 Å². The van der Waals surface area contributed by atoms with Crippen LogP contribution in [0.2, 0.25) is 0 Å². The molecule has 1 aromatic carbocycles. The van der Waals surface area contributed by atoms with E-state index in [2.05, 4.69) is 5.10 Å². The second-order valence-electron chi connectivity index (χ2n) is 2.46. The zero-order valence-electron chi connectivity index (χ0n) is 7.31. The van der Waals surface area contributed by atoms with Crippen molar-refractivity contribution < 1.29 is 9.59 Å². The highest BCUT2D eigenvalue weighted by Crippen LogP contribution is 1.98. The minimum atomic E-state index is -0.805. The largest absolute Gasteiger partial charge is 0.350 e. The predicted molar refractivity (Wildman–Crippen MR) is 51.8 cm³/mol. The number of rotatable bonds is 3. The highest BCUT2D eigenvalue weighted by atomic mass is 16.2. The molecule has 0 saturated heterocycles. The van der Waals surface area contributed by atoms with Crippen LogP contribution in [-0.2, 0) is 4.79 Å². The van der Waals surface area contributed by atoms with Gasteiger partial charge in [-0.15, -0.1) is 0 Å². The van der Waals surface area contributed by atoms with Gasteiger partial charge in [0.2, 0.25) is 0 Å². The number of carbonyl (C=O) groups excluding carboxylic acids is 2. The second-order valence-corrected chi connectivity index (χ2v) is 2.46. The number of hydrogen-bond donors (Lipinski definition) is 2. The van der Waals surface area contributed by atoms with Crippen LogP contribution in [0.4, 0.5) is 4.79 Å². The number of benzene rings is 1. The Morgan fingerprint density at radius 1 is 1.36 bits per heavy atom. The van der Waals surface area contributed by atoms with E-state index in [1.165, 1.54) is 0 Å². The summed E-state index contributed by atoms with van der Waals surface area (Å²) in [5, 5.41) is 3.54. The molecule has 0 aliphatic carbocycles. The van der Waals surface area contributed by atoms with Crippen LogP contribution in [0, 0.1) is 0 Å². The van der Waals surface area contributed by atoms with E-state index in [1.807, 2.05) is 11.5 Å². The summed E-state index contributed by atoms with van der Waals surface area (Å²) in [7, 11) is 0. The lowest BCUT2D eigenvalue weighted by Crippen LogP contribution is -2.26. The molecule has 5 nitrogen and oxygen atoms in total. The number of primary amides is 1. The summed E-state index contributed by atoms with van der Waals surface area (Å²) in [5.41, 5.74) is 7.54. The van der Waals surface area contributed by atoms with E-state index in [9.17, 15) is 9.59 Å². The Kier molecular flexibility index (Phi) is 3.37. The zero-order valence-corrected chi connectivity index (χ0v) is 7.31. The molecule has 0 aromatic heterocycles. The number of hydrogen-bond acceptors (Lipinski definition) is 3. The number of nitrogens with one attached hydrogen (secondary N) is 1. The molecule has 0 atom stereocenters. The molecule has 0 saturated carbocycles. The van der Waals surface area contributed by atoms with Crippen LogP contribution in [0.1, 0.15) is 5.56 Å². The molecule has 2 amide bonds. The fourth-order valence-electron chi connectivity index (χ4n) is 0.883. The van der Waals surface area contributed by atoms with Gasteiger partial charge in [0.25, 0.3) is 0 Å². The Morgan fingerprint density at radius 3 is 2.50 bits per heavy atom. The van der Waals surface area contributed by atoms with Crippen LogP contribution in [0.3, 0.4) is 0 Å². The fourth-order valence-corrected chi connectivity index (χ4v) is 0.883. The van der Waals surface area contributed by atoms with E-state index in [0.717, 1.165) is 0 Å². The zero-order chi connectivity index (χ0) is 10.4. The number of nitrogens with zero attached hydrogens (tertiary/aromatic N) is 1. The summed E-state index contributed by atoms with van der Waals surface area (Å²) in [6.45, 7) is 0. The standard InChI is InChI=1S/C9H9N3O2/c10-9(14)12-11-8(6-13)7-4-2-1-3-5-7/h1-6H,(H3,10,12,14)/b11-8+. The topological polar surface area (TPSA) is 84.6 Å². The SMILES string of the molecule is NC(=O)N/N=C(\C=O)c1ccccc1. The van der Waals surface area contributed by atoms with Crippen molar-refractivity contribution in [3.8, 4) is 0 Å². The van der Waals surface area contributed by atoms with Crippen LogP contribution in [-0.4, -0.2) is 18.0 Å². The number of nitrogens with two attached hydrogens (primary N) is 1. The third-order valence-corrected chi connectivity index (χ3v) is 1.47. The quantitative estimate of drug-likeness (QED) is 0.408. The minimum absolute atomic E-state index is 0.129. The highest BCUT2D eigenvalue weighted by Gasteiger charge is 2.00. The van der Waals surface area contributed by atoms with E-state index in [-0.39, 0.29) is 5.71 Å². The Hall–Kier alpha value is -2.17. The van der Waals surface area contributed by atoms with Crippen molar-refractivity contribution in [3.63, 3.8) is 0 Å². The molecule has 0 spiro atoms. The first-order valence-corrected chi connectivity index (χ1v) is 3.88. The van der Waals surface area contributed by atoms with Crippen molar-refractivity contribution in [3.05, 3.63) is 35.9 Å². The van der Waals surface area contributed by atoms with Gasteiger partial charge in [-0.05, 0) is 0 Å². The summed E-state index contributed by atoms with van der Waals surface area (Å²) in [4.78, 5) is 20.9. The van der Waals surface area contributed by atoms with Crippen LogP contribution in [0.5, 0.6) is 0 Å². The molecule has 0 aliphatic heterocycles. The first kappa shape index (κ1) is 9.91. The van der Waals surface area contributed by atoms with Crippen LogP contribution < -0.4 is 11.2 Å². The molecular formula is C9H9N3O2. The molecule has 1 rings (SSSR count). The molecule has 0 heterocycles. The first-order chi connectivity index (χ1) is 6.74. The average molecular weight is 191 g/mol. The molecule has 72 valence electrons. The molecule has 0 fully saturated rings. The molecular weight excluding hydrogens is 182 g/mol. The van der Waals surface area contributed by atoms with Crippen molar-refractivity contribution >= 4 is 18.0 Å². The van der Waals surface area contributed by atoms with Crippen LogP contribution >= 0.6 is 0 Å². The van der Waals surface area contributed by atoms with Crippen LogP contribution in [0.25, 0.3) is 0 Å². The Labute approximate surface area is 80.6 Å². The fraction of sp³-hybridized carbons (Fsp3) is 0. The maximum absolute atomic E-state index is 10.6. The molecule has 0 bridgehead atoms. The predicted octanol–water partition coefficient (Wildman–Crippen LogP) is 0.258. The van der Waals surface area contributed by atoms with Crippen molar-refractivity contribution in [1.82, 2.24) is 5.43 Å². The molecule has 1 aromatic rings. The number of aldehydes is 1. The smallest absolute Gasteiger partial charge is 0.332 e. The van der Waals surface area contributed by atoms with E-state index in [4.69, 9.17) is 5.73 Å². The molecule has 0 radical (unpaired) electrons. The summed E-state index contributed by atoms with van der Waals surface area (Å²) in [6.07, 6.45) is 0.547. The molecule has 0 aliphatic rings. The van der Waals surface area contributed by atoms with Gasteiger partial charge in [-0.3, -0.25) is 4.79 Å². The molecule has 3 N–H and O–H groups in total. The summed E-state index contributed by atoms with van der Waals surface area (Å²) in [5.74, 6) is 0. The Balaban J connectivity index is 2.87. The van der Waals surface area contributed by atoms with Gasteiger partial charge in [-0.25, -0.2) is 10.2 Å². The summed E-state index contributed by atoms with van der Waals surface area (Å²) in [6, 6.07) is 7.94. The average Bonchev–Trinajstić information content (AvgIpc) is 2.20. The van der Waals surface area contributed by atoms with Gasteiger partial charge < -0.3 is 5.73 Å². The van der Waals surface area contributed by atoms with E-state index in [1.54, 1.807) is 24.3 Å². The third-order valence-electron chi connectivity index (χ3n) is 1.47. The monoisotopic (exact) mass is 191 g/mol. The Morgan fingerprint density at radius 2 is 2.00 bits per heavy atom. The van der Waals surface area contributed by atoms with Gasteiger partial charge in [0.1, 0.15) is 5.71 Å². The number of amides is 2. The maximum atomic E-state index is 10.6. The number of urea groups is 1. The summed E-state index contributed by atoms with van der Waals surface area (Å²) < 4.78 is 0. The van der Waals surface area contributed by atoms with Gasteiger partial charge in [0.15, 0.2) is 6.29 Å². The molecule has 0 unspecified atom stereocenters. The molecule has 5 heteroatoms. The van der Waals surface area contributed by atoms with Gasteiger partial charge in [-0.1, -0.05) is 30.3 Å². The van der Waals surface area contributed by atoms with Crippen molar-refractivity contribution in [2.75, 3.05) is 0 Å². The van der Waals surface area contributed by atoms with Gasteiger partial charge in [0, 0.05) is 5.56 Å². The lowest BCUT2D eigenvalue weighted by Gasteiger charge is -1.98. The third kappa shape index (κ3) is 2.71. The van der Waals surface area contributed by atoms with Crippen molar-refractivity contribution in [1.29, 1.82) is 0 Å². The Bertz CT molecular complexity index is 360. The summed E-state index contributed by atoms with van der Waals surface area (Å²) >= 11 is 0. The van der Waals surface area contributed by atoms with Crippen LogP contribution in [0.15, 0.2) is 35.4 Å². The van der Waals surface area contributed by atoms with Gasteiger partial charge in [0.05, 0.1) is 0 Å². The van der Waals surface area contributed by atoms with Gasteiger partial charge >= 0.3 is 6.03 Å². The van der Waals surface area contributed by atoms with E-state index < -0.39 is 6.03 Å². The van der Waals surface area contributed by atoms with Crippen molar-refractivity contribution in [2.24, 2.45) is 10.8 Å². The lowest BCUT2D eigenvalue weighted by molar-refractivity contribution is -0.102. The maximum Gasteiger partial charge on any atom is 0.332 e. The van der Waals surface area contributed by atoms with E-state index >= 15 is 0 Å². The normalized spacial score (nSPS) is 10.7. The number of hydrazone groups is 1. The molecule has 14 heavy (non-hydrogen) atoms. The lowest BCUT2D eigenvalue weighted by atomic mass is 10.1. The van der Waals surface area contributed by atoms with E-state index in [0.29, 0.717) is 11.8 Å². The van der Waals surface area contributed by atoms with Crippen molar-refractivity contribution in [2.45, 2.75) is 0 Å². The highest BCUT2D eigenvalue weighted by molar-refractivity contribution is 6.36. The minimum Gasteiger partial charge on any atom is -0.350 e.